The van der Waals surface area contributed by atoms with Crippen molar-refractivity contribution < 1.29 is 14.4 Å². The summed E-state index contributed by atoms with van der Waals surface area (Å²) in [6.45, 7) is 2.36. The van der Waals surface area contributed by atoms with E-state index in [1.807, 2.05) is 31.2 Å². The second-order valence-electron chi connectivity index (χ2n) is 3.89. The fraction of sp³-hybridized carbons (Fsp3) is 0.308. The molecule has 0 fully saturated rings. The Bertz CT molecular complexity index is 560. The summed E-state index contributed by atoms with van der Waals surface area (Å²) in [7, 11) is 0. The summed E-state index contributed by atoms with van der Waals surface area (Å²) in [5.41, 5.74) is 6.21. The maximum Gasteiger partial charge on any atom is 0.168 e. The van der Waals surface area contributed by atoms with Crippen LogP contribution in [0.2, 0.25) is 0 Å². The first-order chi connectivity index (χ1) is 8.76. The highest BCUT2D eigenvalue weighted by atomic mass is 16.5. The molecule has 0 unspecified atom stereocenters. The van der Waals surface area contributed by atoms with E-state index < -0.39 is 0 Å². The maximum absolute atomic E-state index is 8.45. The van der Waals surface area contributed by atoms with Gasteiger partial charge >= 0.3 is 0 Å². The summed E-state index contributed by atoms with van der Waals surface area (Å²) in [4.78, 5) is 0. The van der Waals surface area contributed by atoms with Crippen LogP contribution in [0.4, 0.5) is 0 Å². The van der Waals surface area contributed by atoms with Crippen molar-refractivity contribution in [1.29, 1.82) is 0 Å². The fourth-order valence-electron chi connectivity index (χ4n) is 1.77. The number of oxime groups is 1. The van der Waals surface area contributed by atoms with Crippen molar-refractivity contribution in [2.75, 3.05) is 6.61 Å². The topological polar surface area (TPSA) is 81.0 Å². The van der Waals surface area contributed by atoms with Crippen molar-refractivity contribution in [2.24, 2.45) is 10.9 Å². The predicted molar refractivity (Wildman–Crippen MR) is 69.1 cm³/mol. The van der Waals surface area contributed by atoms with Crippen molar-refractivity contribution >= 4 is 16.8 Å². The Balaban J connectivity index is 2.20. The molecule has 5 nitrogen and oxygen atoms in total. The van der Waals surface area contributed by atoms with E-state index in [4.69, 9.17) is 20.1 Å². The summed E-state index contributed by atoms with van der Waals surface area (Å²) in [6, 6.07) is 7.72. The van der Waals surface area contributed by atoms with Crippen LogP contribution in [-0.2, 0) is 6.42 Å². The Morgan fingerprint density at radius 2 is 2.22 bits per heavy atom. The van der Waals surface area contributed by atoms with Crippen LogP contribution in [0.1, 0.15) is 19.1 Å². The second kappa shape index (κ2) is 5.44. The zero-order chi connectivity index (χ0) is 13.0. The molecule has 0 bridgehead atoms. The van der Waals surface area contributed by atoms with E-state index in [1.54, 1.807) is 0 Å². The highest BCUT2D eigenvalue weighted by molar-refractivity contribution is 5.85. The van der Waals surface area contributed by atoms with E-state index in [2.05, 4.69) is 5.16 Å². The zero-order valence-corrected chi connectivity index (χ0v) is 10.2. The number of nitrogens with zero attached hydrogens (tertiary/aromatic N) is 1. The molecule has 2 aromatic rings. The summed E-state index contributed by atoms with van der Waals surface area (Å²) >= 11 is 0. The molecule has 18 heavy (non-hydrogen) atoms. The van der Waals surface area contributed by atoms with Crippen LogP contribution in [0.25, 0.3) is 11.0 Å². The van der Waals surface area contributed by atoms with Gasteiger partial charge in [0.2, 0.25) is 0 Å². The summed E-state index contributed by atoms with van der Waals surface area (Å²) in [5.74, 6) is 1.72. The Morgan fingerprint density at radius 3 is 2.94 bits per heavy atom. The van der Waals surface area contributed by atoms with Crippen LogP contribution in [-0.4, -0.2) is 17.6 Å². The summed E-state index contributed by atoms with van der Waals surface area (Å²) < 4.78 is 11.4. The number of para-hydroxylation sites is 1. The van der Waals surface area contributed by atoms with E-state index >= 15 is 0 Å². The van der Waals surface area contributed by atoms with Crippen LogP contribution < -0.4 is 10.5 Å². The molecule has 0 aliphatic heterocycles. The number of nitrogens with two attached hydrogens (primary N) is 1. The molecule has 5 heteroatoms. The zero-order valence-electron chi connectivity index (χ0n) is 10.2. The van der Waals surface area contributed by atoms with Gasteiger partial charge in [-0.1, -0.05) is 24.2 Å². The van der Waals surface area contributed by atoms with Crippen LogP contribution in [0.15, 0.2) is 33.8 Å². The molecule has 1 aromatic carbocycles. The highest BCUT2D eigenvalue weighted by Gasteiger charge is 2.13. The molecule has 0 aliphatic rings. The van der Waals surface area contributed by atoms with E-state index in [0.29, 0.717) is 13.0 Å². The minimum atomic E-state index is 0.154. The van der Waals surface area contributed by atoms with Crippen LogP contribution in [0.5, 0.6) is 5.75 Å². The molecule has 0 amide bonds. The van der Waals surface area contributed by atoms with Gasteiger partial charge in [-0.15, -0.1) is 0 Å². The monoisotopic (exact) mass is 248 g/mol. The summed E-state index contributed by atoms with van der Waals surface area (Å²) in [6.07, 6.45) is 1.13. The molecule has 0 aliphatic carbocycles. The SMILES string of the molecule is CCc1oc2ccccc2c1OCCC(N)=NO. The van der Waals surface area contributed by atoms with Crippen LogP contribution >= 0.6 is 0 Å². The van der Waals surface area contributed by atoms with Gasteiger partial charge in [0.25, 0.3) is 0 Å². The first-order valence-electron chi connectivity index (χ1n) is 5.85. The molecule has 1 aromatic heterocycles. The molecule has 0 saturated carbocycles. The third kappa shape index (κ3) is 2.40. The van der Waals surface area contributed by atoms with Gasteiger partial charge in [0.1, 0.15) is 17.2 Å². The van der Waals surface area contributed by atoms with E-state index in [1.165, 1.54) is 0 Å². The number of rotatable bonds is 5. The molecule has 96 valence electrons. The maximum atomic E-state index is 8.45. The lowest BCUT2D eigenvalue weighted by Gasteiger charge is -2.05. The number of furan rings is 1. The minimum Gasteiger partial charge on any atom is -0.489 e. The van der Waals surface area contributed by atoms with Gasteiger partial charge in [0.15, 0.2) is 5.75 Å². The van der Waals surface area contributed by atoms with Gasteiger partial charge < -0.3 is 20.1 Å². The Morgan fingerprint density at radius 1 is 1.44 bits per heavy atom. The predicted octanol–water partition coefficient (Wildman–Crippen LogP) is 2.51. The molecule has 0 radical (unpaired) electrons. The third-order valence-corrected chi connectivity index (χ3v) is 2.67. The van der Waals surface area contributed by atoms with Gasteiger partial charge in [0.05, 0.1) is 12.0 Å². The number of aryl methyl sites for hydroxylation is 1. The van der Waals surface area contributed by atoms with E-state index in [0.717, 1.165) is 28.9 Å². The molecule has 0 spiro atoms. The number of hydrogen-bond donors (Lipinski definition) is 2. The van der Waals surface area contributed by atoms with Gasteiger partial charge in [0, 0.05) is 12.8 Å². The van der Waals surface area contributed by atoms with Crippen molar-refractivity contribution in [3.05, 3.63) is 30.0 Å². The lowest BCUT2D eigenvalue weighted by Crippen LogP contribution is -2.15. The standard InChI is InChI=1S/C13H16N2O3/c1-2-10-13(17-8-7-12(14)15-16)9-5-3-4-6-11(9)18-10/h3-6,16H,2,7-8H2,1H3,(H2,14,15). The minimum absolute atomic E-state index is 0.154. The van der Waals surface area contributed by atoms with Gasteiger partial charge in [-0.2, -0.15) is 0 Å². The van der Waals surface area contributed by atoms with E-state index in [-0.39, 0.29) is 5.84 Å². The van der Waals surface area contributed by atoms with Crippen molar-refractivity contribution in [2.45, 2.75) is 19.8 Å². The lowest BCUT2D eigenvalue weighted by molar-refractivity contribution is 0.303. The van der Waals surface area contributed by atoms with Crippen LogP contribution in [0.3, 0.4) is 0 Å². The Hall–Kier alpha value is -2.17. The molecule has 2 rings (SSSR count). The Labute approximate surface area is 105 Å². The fourth-order valence-corrected chi connectivity index (χ4v) is 1.77. The van der Waals surface area contributed by atoms with Crippen molar-refractivity contribution in [3.8, 4) is 5.75 Å². The molecule has 0 saturated heterocycles. The van der Waals surface area contributed by atoms with Gasteiger partial charge in [-0.05, 0) is 12.1 Å². The third-order valence-electron chi connectivity index (χ3n) is 2.67. The normalized spacial score (nSPS) is 11.9. The smallest absolute Gasteiger partial charge is 0.168 e. The van der Waals surface area contributed by atoms with E-state index in [9.17, 15) is 0 Å². The van der Waals surface area contributed by atoms with Crippen molar-refractivity contribution in [3.63, 3.8) is 0 Å². The summed E-state index contributed by atoms with van der Waals surface area (Å²) in [5, 5.41) is 12.3. The first-order valence-corrected chi connectivity index (χ1v) is 5.85. The molecule has 1 heterocycles. The average molecular weight is 248 g/mol. The number of fused-ring (bicyclic) bond motifs is 1. The highest BCUT2D eigenvalue weighted by Crippen LogP contribution is 2.33. The number of hydrogen-bond acceptors (Lipinski definition) is 4. The number of amidine groups is 1. The van der Waals surface area contributed by atoms with Crippen LogP contribution in [0, 0.1) is 0 Å². The first kappa shape index (κ1) is 12.3. The average Bonchev–Trinajstić information content (AvgIpc) is 2.77. The second-order valence-corrected chi connectivity index (χ2v) is 3.89. The number of ether oxygens (including phenoxy) is 1. The van der Waals surface area contributed by atoms with Gasteiger partial charge in [-0.25, -0.2) is 0 Å². The quantitative estimate of drug-likeness (QED) is 0.368. The van der Waals surface area contributed by atoms with Crippen molar-refractivity contribution in [1.82, 2.24) is 0 Å². The molecular weight excluding hydrogens is 232 g/mol. The largest absolute Gasteiger partial charge is 0.489 e. The molecular formula is C13H16N2O3. The molecule has 0 atom stereocenters. The number of benzene rings is 1. The Kier molecular flexibility index (Phi) is 3.72. The molecule has 3 N–H and O–H groups in total. The lowest BCUT2D eigenvalue weighted by atomic mass is 10.2. The van der Waals surface area contributed by atoms with Gasteiger partial charge in [-0.3, -0.25) is 0 Å².